The summed E-state index contributed by atoms with van der Waals surface area (Å²) in [6.07, 6.45) is 1.43. The van der Waals surface area contributed by atoms with E-state index in [0.29, 0.717) is 18.7 Å². The van der Waals surface area contributed by atoms with Crippen LogP contribution in [0.3, 0.4) is 0 Å². The lowest BCUT2D eigenvalue weighted by Crippen LogP contribution is -2.49. The number of aryl methyl sites for hydroxylation is 2. The van der Waals surface area contributed by atoms with E-state index < -0.39 is 23.7 Å². The SMILES string of the molecule is Cn1cnc2c1c(=O)n(CC(=O)NCc1ccc(C(=O)N3CCNC(=O)C3)cc1)c(=O)n2C. The highest BCUT2D eigenvalue weighted by Crippen LogP contribution is 2.09. The molecule has 3 amide bonds. The van der Waals surface area contributed by atoms with Crippen molar-refractivity contribution in [3.63, 3.8) is 0 Å². The second-order valence-corrected chi connectivity index (χ2v) is 7.81. The number of carbonyl (C=O) groups is 3. The van der Waals surface area contributed by atoms with E-state index >= 15 is 0 Å². The van der Waals surface area contributed by atoms with Crippen molar-refractivity contribution in [2.24, 2.45) is 14.1 Å². The van der Waals surface area contributed by atoms with Crippen molar-refractivity contribution < 1.29 is 14.4 Å². The number of hydrogen-bond donors (Lipinski definition) is 2. The van der Waals surface area contributed by atoms with Crippen molar-refractivity contribution >= 4 is 28.9 Å². The average molecular weight is 453 g/mol. The van der Waals surface area contributed by atoms with Crippen LogP contribution in [0.25, 0.3) is 11.2 Å². The summed E-state index contributed by atoms with van der Waals surface area (Å²) in [6, 6.07) is 6.66. The number of imidazole rings is 1. The van der Waals surface area contributed by atoms with Crippen LogP contribution in [-0.4, -0.2) is 60.9 Å². The van der Waals surface area contributed by atoms with E-state index in [4.69, 9.17) is 0 Å². The Morgan fingerprint density at radius 3 is 2.55 bits per heavy atom. The summed E-state index contributed by atoms with van der Waals surface area (Å²) in [7, 11) is 3.13. The van der Waals surface area contributed by atoms with Gasteiger partial charge in [0.1, 0.15) is 6.54 Å². The molecule has 4 rings (SSSR count). The van der Waals surface area contributed by atoms with Gasteiger partial charge in [0.2, 0.25) is 11.8 Å². The lowest BCUT2D eigenvalue weighted by molar-refractivity contribution is -0.123. The highest BCUT2D eigenvalue weighted by atomic mass is 16.2. The zero-order valence-corrected chi connectivity index (χ0v) is 18.2. The Morgan fingerprint density at radius 1 is 1.12 bits per heavy atom. The number of carbonyl (C=O) groups excluding carboxylic acids is 3. The van der Waals surface area contributed by atoms with E-state index in [1.165, 1.54) is 27.4 Å². The molecule has 1 aromatic carbocycles. The predicted octanol–water partition coefficient (Wildman–Crippen LogP) is -1.68. The first-order valence-corrected chi connectivity index (χ1v) is 10.3. The van der Waals surface area contributed by atoms with Gasteiger partial charge in [-0.3, -0.25) is 23.7 Å². The Balaban J connectivity index is 1.41. The molecule has 33 heavy (non-hydrogen) atoms. The summed E-state index contributed by atoms with van der Waals surface area (Å²) in [5, 5.41) is 5.35. The van der Waals surface area contributed by atoms with E-state index in [2.05, 4.69) is 15.6 Å². The molecule has 172 valence electrons. The molecule has 0 unspecified atom stereocenters. The lowest BCUT2D eigenvalue weighted by atomic mass is 10.1. The van der Waals surface area contributed by atoms with Gasteiger partial charge in [0, 0.05) is 39.3 Å². The Bertz CT molecular complexity index is 1370. The maximum absolute atomic E-state index is 12.7. The maximum Gasteiger partial charge on any atom is 0.332 e. The van der Waals surface area contributed by atoms with Crippen molar-refractivity contribution in [1.82, 2.24) is 34.2 Å². The molecule has 1 aliphatic heterocycles. The second-order valence-electron chi connectivity index (χ2n) is 7.81. The number of rotatable bonds is 5. The van der Waals surface area contributed by atoms with Crippen molar-refractivity contribution in [1.29, 1.82) is 0 Å². The molecule has 3 aromatic rings. The summed E-state index contributed by atoms with van der Waals surface area (Å²) in [4.78, 5) is 67.2. The monoisotopic (exact) mass is 453 g/mol. The first kappa shape index (κ1) is 22.0. The Kier molecular flexibility index (Phi) is 5.82. The number of benzene rings is 1. The van der Waals surface area contributed by atoms with Gasteiger partial charge in [0.15, 0.2) is 11.2 Å². The zero-order chi connectivity index (χ0) is 23.7. The number of hydrogen-bond acceptors (Lipinski definition) is 6. The number of nitrogens with zero attached hydrogens (tertiary/aromatic N) is 5. The largest absolute Gasteiger partial charge is 0.353 e. The minimum absolute atomic E-state index is 0.0279. The van der Waals surface area contributed by atoms with Gasteiger partial charge in [-0.25, -0.2) is 14.3 Å². The third-order valence-electron chi connectivity index (χ3n) is 5.52. The fourth-order valence-corrected chi connectivity index (χ4v) is 3.70. The molecule has 0 atom stereocenters. The minimum Gasteiger partial charge on any atom is -0.353 e. The van der Waals surface area contributed by atoms with Crippen LogP contribution in [0, 0.1) is 0 Å². The van der Waals surface area contributed by atoms with E-state index in [1.54, 1.807) is 31.3 Å². The van der Waals surface area contributed by atoms with Crippen LogP contribution in [0.4, 0.5) is 0 Å². The van der Waals surface area contributed by atoms with Crippen LogP contribution in [-0.2, 0) is 36.8 Å². The normalized spacial score (nSPS) is 13.8. The summed E-state index contributed by atoms with van der Waals surface area (Å²) in [5.41, 5.74) is 0.450. The first-order chi connectivity index (χ1) is 15.8. The molecular weight excluding hydrogens is 430 g/mol. The van der Waals surface area contributed by atoms with Gasteiger partial charge < -0.3 is 20.1 Å². The van der Waals surface area contributed by atoms with Gasteiger partial charge in [-0.05, 0) is 17.7 Å². The maximum atomic E-state index is 12.7. The molecule has 1 fully saturated rings. The molecule has 2 N–H and O–H groups in total. The summed E-state index contributed by atoms with van der Waals surface area (Å²) in [5.74, 6) is -0.929. The van der Waals surface area contributed by atoms with E-state index in [0.717, 1.165) is 10.1 Å². The Labute approximate surface area is 187 Å². The summed E-state index contributed by atoms with van der Waals surface area (Å²) < 4.78 is 3.60. The van der Waals surface area contributed by atoms with Crippen LogP contribution in [0.2, 0.25) is 0 Å². The molecule has 1 saturated heterocycles. The Hall–Kier alpha value is -4.22. The molecule has 0 aliphatic carbocycles. The van der Waals surface area contributed by atoms with Crippen LogP contribution in [0.15, 0.2) is 40.2 Å². The lowest BCUT2D eigenvalue weighted by Gasteiger charge is -2.26. The smallest absolute Gasteiger partial charge is 0.332 e. The van der Waals surface area contributed by atoms with Crippen LogP contribution >= 0.6 is 0 Å². The zero-order valence-electron chi connectivity index (χ0n) is 18.2. The van der Waals surface area contributed by atoms with Crippen molar-refractivity contribution in [2.45, 2.75) is 13.1 Å². The number of nitrogens with one attached hydrogen (secondary N) is 2. The van der Waals surface area contributed by atoms with Crippen molar-refractivity contribution in [3.05, 3.63) is 62.6 Å². The Morgan fingerprint density at radius 2 is 1.85 bits per heavy atom. The summed E-state index contributed by atoms with van der Waals surface area (Å²) in [6.45, 7) is 0.628. The molecule has 0 saturated carbocycles. The van der Waals surface area contributed by atoms with Gasteiger partial charge in [0.25, 0.3) is 11.5 Å². The highest BCUT2D eigenvalue weighted by Gasteiger charge is 2.22. The molecule has 0 spiro atoms. The van der Waals surface area contributed by atoms with E-state index in [1.807, 2.05) is 0 Å². The van der Waals surface area contributed by atoms with Gasteiger partial charge >= 0.3 is 5.69 Å². The fourth-order valence-electron chi connectivity index (χ4n) is 3.70. The third kappa shape index (κ3) is 4.27. The highest BCUT2D eigenvalue weighted by molar-refractivity contribution is 5.97. The molecule has 2 aromatic heterocycles. The van der Waals surface area contributed by atoms with Crippen LogP contribution in [0.5, 0.6) is 0 Å². The second kappa shape index (κ2) is 8.73. The van der Waals surface area contributed by atoms with Gasteiger partial charge in [-0.15, -0.1) is 0 Å². The van der Waals surface area contributed by atoms with Crippen LogP contribution in [0.1, 0.15) is 15.9 Å². The fraction of sp³-hybridized carbons (Fsp3) is 0.333. The number of amides is 3. The standard InChI is InChI=1S/C21H23N7O5/c1-25-12-24-18-17(25)20(32)28(21(33)26(18)2)11-16(30)23-9-13-3-5-14(6-4-13)19(31)27-8-7-22-15(29)10-27/h3-6,12H,7-11H2,1-2H3,(H,22,29)(H,23,30). The van der Waals surface area contributed by atoms with Crippen molar-refractivity contribution in [2.75, 3.05) is 19.6 Å². The third-order valence-corrected chi connectivity index (χ3v) is 5.52. The molecule has 3 heterocycles. The van der Waals surface area contributed by atoms with Crippen LogP contribution < -0.4 is 21.9 Å². The average Bonchev–Trinajstić information content (AvgIpc) is 3.20. The molecule has 0 bridgehead atoms. The predicted molar refractivity (Wildman–Crippen MR) is 117 cm³/mol. The van der Waals surface area contributed by atoms with Gasteiger partial charge in [0.05, 0.1) is 12.9 Å². The van der Waals surface area contributed by atoms with E-state index in [-0.39, 0.29) is 36.1 Å². The van der Waals surface area contributed by atoms with Gasteiger partial charge in [-0.2, -0.15) is 0 Å². The molecule has 1 aliphatic rings. The molecule has 12 nitrogen and oxygen atoms in total. The van der Waals surface area contributed by atoms with Crippen molar-refractivity contribution in [3.8, 4) is 0 Å². The molecular formula is C21H23N7O5. The van der Waals surface area contributed by atoms with Gasteiger partial charge in [-0.1, -0.05) is 12.1 Å². The number of piperazine rings is 1. The molecule has 12 heteroatoms. The van der Waals surface area contributed by atoms with E-state index in [9.17, 15) is 24.0 Å². The minimum atomic E-state index is -0.629. The topological polar surface area (TPSA) is 140 Å². The number of fused-ring (bicyclic) bond motifs is 1. The number of aromatic nitrogens is 4. The first-order valence-electron chi connectivity index (χ1n) is 10.3. The molecule has 0 radical (unpaired) electrons. The summed E-state index contributed by atoms with van der Waals surface area (Å²) >= 11 is 0. The quantitative estimate of drug-likeness (QED) is 0.473.